The second-order valence-electron chi connectivity index (χ2n) is 5.35. The molecule has 21 heavy (non-hydrogen) atoms. The van der Waals surface area contributed by atoms with Gasteiger partial charge in [-0.1, -0.05) is 6.92 Å². The van der Waals surface area contributed by atoms with Crippen molar-refractivity contribution < 1.29 is 4.74 Å². The number of nitrogens with one attached hydrogen (secondary N) is 2. The number of hydrogen-bond donors (Lipinski definition) is 2. The van der Waals surface area contributed by atoms with Crippen LogP contribution in [0.3, 0.4) is 0 Å². The summed E-state index contributed by atoms with van der Waals surface area (Å²) < 4.78 is 5.53. The Morgan fingerprint density at radius 3 is 2.38 bits per heavy atom. The maximum Gasteiger partial charge on any atom is 0.323 e. The van der Waals surface area contributed by atoms with Crippen molar-refractivity contribution in [2.75, 3.05) is 37.8 Å². The van der Waals surface area contributed by atoms with Gasteiger partial charge in [0.2, 0.25) is 11.9 Å². The van der Waals surface area contributed by atoms with Crippen LogP contribution in [0.25, 0.3) is 0 Å². The summed E-state index contributed by atoms with van der Waals surface area (Å²) in [7, 11) is 3.89. The molecule has 1 aromatic rings. The molecule has 1 atom stereocenters. The van der Waals surface area contributed by atoms with Crippen LogP contribution in [0.15, 0.2) is 0 Å². The Morgan fingerprint density at radius 1 is 1.14 bits per heavy atom. The number of aromatic nitrogens is 3. The molecule has 0 aliphatic carbocycles. The molecule has 0 spiro atoms. The van der Waals surface area contributed by atoms with Crippen molar-refractivity contribution in [1.29, 1.82) is 0 Å². The molecule has 0 aliphatic rings. The summed E-state index contributed by atoms with van der Waals surface area (Å²) in [4.78, 5) is 15.0. The molecule has 0 fully saturated rings. The zero-order valence-electron chi connectivity index (χ0n) is 14.0. The predicted molar refractivity (Wildman–Crippen MR) is 86.0 cm³/mol. The molecule has 120 valence electrons. The highest BCUT2D eigenvalue weighted by Crippen LogP contribution is 2.12. The summed E-state index contributed by atoms with van der Waals surface area (Å²) >= 11 is 0. The number of anilines is 2. The predicted octanol–water partition coefficient (Wildman–Crippen LogP) is 1.84. The van der Waals surface area contributed by atoms with E-state index >= 15 is 0 Å². The summed E-state index contributed by atoms with van der Waals surface area (Å²) in [5.74, 6) is 1.03. The minimum atomic E-state index is 0.0292. The molecule has 1 heterocycles. The lowest BCUT2D eigenvalue weighted by Crippen LogP contribution is -2.33. The van der Waals surface area contributed by atoms with Crippen molar-refractivity contribution in [3.63, 3.8) is 0 Å². The number of likely N-dealkylation sites (N-methyl/N-ethyl adjacent to an activating group) is 1. The van der Waals surface area contributed by atoms with E-state index in [0.717, 1.165) is 19.5 Å². The Balaban J connectivity index is 2.61. The third kappa shape index (κ3) is 6.12. The van der Waals surface area contributed by atoms with Crippen LogP contribution in [0.4, 0.5) is 11.9 Å². The Kier molecular flexibility index (Phi) is 7.14. The molecule has 1 aromatic heterocycles. The lowest BCUT2D eigenvalue weighted by Gasteiger charge is -2.23. The van der Waals surface area contributed by atoms with Crippen molar-refractivity contribution in [3.8, 4) is 6.01 Å². The van der Waals surface area contributed by atoms with Gasteiger partial charge < -0.3 is 20.3 Å². The van der Waals surface area contributed by atoms with E-state index < -0.39 is 0 Å². The van der Waals surface area contributed by atoms with E-state index in [4.69, 9.17) is 4.74 Å². The van der Waals surface area contributed by atoms with Crippen molar-refractivity contribution in [2.24, 2.45) is 0 Å². The van der Waals surface area contributed by atoms with E-state index in [1.54, 1.807) is 7.05 Å². The molecule has 0 saturated carbocycles. The van der Waals surface area contributed by atoms with Crippen LogP contribution in [0.2, 0.25) is 0 Å². The van der Waals surface area contributed by atoms with E-state index in [1.165, 1.54) is 0 Å². The highest BCUT2D eigenvalue weighted by Gasteiger charge is 2.09. The van der Waals surface area contributed by atoms with Crippen molar-refractivity contribution in [1.82, 2.24) is 19.9 Å². The topological polar surface area (TPSA) is 75.2 Å². The Hall–Kier alpha value is -1.63. The third-order valence-electron chi connectivity index (χ3n) is 3.27. The zero-order chi connectivity index (χ0) is 15.8. The highest BCUT2D eigenvalue weighted by molar-refractivity contribution is 5.35. The average molecular weight is 296 g/mol. The van der Waals surface area contributed by atoms with Crippen molar-refractivity contribution >= 4 is 11.9 Å². The quantitative estimate of drug-likeness (QED) is 0.720. The van der Waals surface area contributed by atoms with Crippen LogP contribution in [-0.4, -0.2) is 59.2 Å². The van der Waals surface area contributed by atoms with Crippen LogP contribution in [0, 0.1) is 0 Å². The van der Waals surface area contributed by atoms with Gasteiger partial charge in [0.15, 0.2) is 0 Å². The Bertz CT molecular complexity index is 426. The molecule has 7 nitrogen and oxygen atoms in total. The summed E-state index contributed by atoms with van der Waals surface area (Å²) in [6.45, 7) is 9.99. The van der Waals surface area contributed by atoms with Gasteiger partial charge in [-0.25, -0.2) is 0 Å². The van der Waals surface area contributed by atoms with Crippen LogP contribution in [-0.2, 0) is 0 Å². The van der Waals surface area contributed by atoms with Gasteiger partial charge >= 0.3 is 6.01 Å². The number of rotatable bonds is 9. The second kappa shape index (κ2) is 8.61. The van der Waals surface area contributed by atoms with Gasteiger partial charge in [0.25, 0.3) is 0 Å². The molecule has 0 aliphatic heterocycles. The fourth-order valence-corrected chi connectivity index (χ4v) is 1.69. The smallest absolute Gasteiger partial charge is 0.323 e. The van der Waals surface area contributed by atoms with Crippen molar-refractivity contribution in [3.05, 3.63) is 0 Å². The number of hydrogen-bond acceptors (Lipinski definition) is 7. The molecular weight excluding hydrogens is 268 g/mol. The van der Waals surface area contributed by atoms with Crippen LogP contribution in [0.1, 0.15) is 34.1 Å². The highest BCUT2D eigenvalue weighted by atomic mass is 16.5. The molecule has 1 rings (SSSR count). The first-order chi connectivity index (χ1) is 9.96. The molecule has 0 amide bonds. The van der Waals surface area contributed by atoms with Gasteiger partial charge in [-0.15, -0.1) is 0 Å². The first-order valence-corrected chi connectivity index (χ1v) is 7.50. The Labute approximate surface area is 127 Å². The molecule has 7 heteroatoms. The number of nitrogens with zero attached hydrogens (tertiary/aromatic N) is 4. The van der Waals surface area contributed by atoms with Crippen LogP contribution in [0.5, 0.6) is 6.01 Å². The summed E-state index contributed by atoms with van der Waals surface area (Å²) in [5.41, 5.74) is 0. The Morgan fingerprint density at radius 2 is 1.81 bits per heavy atom. The molecular formula is C14H28N6O. The fraction of sp³-hybridized carbons (Fsp3) is 0.786. The summed E-state index contributed by atoms with van der Waals surface area (Å²) in [5, 5.41) is 6.13. The minimum absolute atomic E-state index is 0.0292. The first-order valence-electron chi connectivity index (χ1n) is 7.50. The first kappa shape index (κ1) is 17.4. The molecule has 0 radical (unpaired) electrons. The lowest BCUT2D eigenvalue weighted by atomic mass is 10.2. The molecule has 0 bridgehead atoms. The van der Waals surface area contributed by atoms with Crippen LogP contribution < -0.4 is 15.4 Å². The second-order valence-corrected chi connectivity index (χ2v) is 5.35. The van der Waals surface area contributed by atoms with Gasteiger partial charge in [0.1, 0.15) is 0 Å². The molecule has 0 aromatic carbocycles. The average Bonchev–Trinajstić information content (AvgIpc) is 2.45. The maximum atomic E-state index is 5.53. The van der Waals surface area contributed by atoms with E-state index in [1.807, 2.05) is 13.8 Å². The van der Waals surface area contributed by atoms with E-state index in [0.29, 0.717) is 23.9 Å². The van der Waals surface area contributed by atoms with Gasteiger partial charge in [-0.3, -0.25) is 0 Å². The largest absolute Gasteiger partial charge is 0.461 e. The zero-order valence-corrected chi connectivity index (χ0v) is 14.0. The van der Waals surface area contributed by atoms with Gasteiger partial charge in [-0.2, -0.15) is 15.0 Å². The minimum Gasteiger partial charge on any atom is -0.461 e. The summed E-state index contributed by atoms with van der Waals surface area (Å²) in [6, 6.07) is 0.903. The van der Waals surface area contributed by atoms with E-state index in [2.05, 4.69) is 51.4 Å². The van der Waals surface area contributed by atoms with Gasteiger partial charge in [-0.05, 0) is 34.2 Å². The van der Waals surface area contributed by atoms with Crippen LogP contribution >= 0.6 is 0 Å². The standard InChI is InChI=1S/C14H28N6O/c1-7-11(4)20(6)9-8-16-13-17-12(15-5)18-14(19-13)21-10(2)3/h10-11H,7-9H2,1-6H3,(H2,15,16,17,18,19). The van der Waals surface area contributed by atoms with E-state index in [-0.39, 0.29) is 6.10 Å². The number of ether oxygens (including phenoxy) is 1. The molecule has 1 unspecified atom stereocenters. The van der Waals surface area contributed by atoms with Gasteiger partial charge in [0, 0.05) is 26.2 Å². The van der Waals surface area contributed by atoms with E-state index in [9.17, 15) is 0 Å². The normalized spacial score (nSPS) is 12.6. The van der Waals surface area contributed by atoms with Gasteiger partial charge in [0.05, 0.1) is 6.10 Å². The lowest BCUT2D eigenvalue weighted by molar-refractivity contribution is 0.222. The third-order valence-corrected chi connectivity index (χ3v) is 3.27. The fourth-order valence-electron chi connectivity index (χ4n) is 1.69. The monoisotopic (exact) mass is 296 g/mol. The molecule has 2 N–H and O–H groups in total. The molecule has 0 saturated heterocycles. The maximum absolute atomic E-state index is 5.53. The van der Waals surface area contributed by atoms with Crippen molar-refractivity contribution in [2.45, 2.75) is 46.3 Å². The SMILES string of the molecule is CCC(C)N(C)CCNc1nc(NC)nc(OC(C)C)n1. The summed E-state index contributed by atoms with van der Waals surface area (Å²) in [6.07, 6.45) is 1.17.